The second kappa shape index (κ2) is 9.61. The zero-order valence-electron chi connectivity index (χ0n) is 19.3. The maximum Gasteiger partial charge on any atom is 0.271 e. The van der Waals surface area contributed by atoms with Crippen molar-refractivity contribution in [3.63, 3.8) is 0 Å². The lowest BCUT2D eigenvalue weighted by Crippen LogP contribution is -2.39. The summed E-state index contributed by atoms with van der Waals surface area (Å²) in [6.45, 7) is 4.07. The van der Waals surface area contributed by atoms with Crippen LogP contribution >= 0.6 is 0 Å². The first-order valence-electron chi connectivity index (χ1n) is 12.1. The van der Waals surface area contributed by atoms with Crippen LogP contribution in [0.5, 0.6) is 0 Å². The minimum absolute atomic E-state index is 0.0425. The van der Waals surface area contributed by atoms with E-state index in [1.54, 1.807) is 10.6 Å². The Bertz CT molecular complexity index is 967. The molecule has 2 aliphatic rings. The second-order valence-electron chi connectivity index (χ2n) is 9.93. The number of anilines is 1. The van der Waals surface area contributed by atoms with Gasteiger partial charge < -0.3 is 15.7 Å². The monoisotopic (exact) mass is 440 g/mol. The highest BCUT2D eigenvalue weighted by Crippen LogP contribution is 2.53. The van der Waals surface area contributed by atoms with Crippen LogP contribution in [0.15, 0.2) is 24.4 Å². The first-order chi connectivity index (χ1) is 15.4. The van der Waals surface area contributed by atoms with E-state index in [4.69, 9.17) is 0 Å². The summed E-state index contributed by atoms with van der Waals surface area (Å²) in [5.41, 5.74) is 1.01. The molecule has 2 bridgehead atoms. The van der Waals surface area contributed by atoms with Crippen molar-refractivity contribution in [3.05, 3.63) is 30.1 Å². The Hall–Kier alpha value is -2.41. The van der Waals surface area contributed by atoms with E-state index in [0.29, 0.717) is 24.3 Å². The van der Waals surface area contributed by atoms with Crippen molar-refractivity contribution in [2.45, 2.75) is 77.7 Å². The van der Waals surface area contributed by atoms with Gasteiger partial charge in [0.15, 0.2) is 0 Å². The molecular weight excluding hydrogens is 404 g/mol. The predicted molar refractivity (Wildman–Crippen MR) is 124 cm³/mol. The van der Waals surface area contributed by atoms with E-state index < -0.39 is 0 Å². The number of aliphatic hydroxyl groups is 1. The summed E-state index contributed by atoms with van der Waals surface area (Å²) in [6.07, 6.45) is 11.4. The van der Waals surface area contributed by atoms with Gasteiger partial charge in [-0.25, -0.2) is 4.98 Å². The fraction of sp³-hybridized carbons (Fsp3) is 0.640. The van der Waals surface area contributed by atoms with E-state index in [1.165, 1.54) is 32.1 Å². The summed E-state index contributed by atoms with van der Waals surface area (Å²) in [4.78, 5) is 30.1. The standard InChI is InChI=1S/C25H36N4O3/c1-3-17-11-18-7-6-10-25(12-17,13-18)14-23(31)28-22-9-5-8-21-27-20(15-29(21)22)24(32)26-19(4-2)16-30/h5,8-9,15,17-19,30H,3-4,6-7,10-14,16H2,1-2H3,(H,26,32)(H,28,31). The van der Waals surface area contributed by atoms with Gasteiger partial charge in [-0.05, 0) is 61.5 Å². The molecule has 2 aliphatic carbocycles. The molecule has 2 aromatic heterocycles. The Kier molecular flexibility index (Phi) is 6.84. The Morgan fingerprint density at radius 1 is 1.31 bits per heavy atom. The van der Waals surface area contributed by atoms with Gasteiger partial charge in [0.05, 0.1) is 12.6 Å². The molecule has 174 valence electrons. The Morgan fingerprint density at radius 3 is 2.91 bits per heavy atom. The summed E-state index contributed by atoms with van der Waals surface area (Å²) < 4.78 is 1.75. The highest BCUT2D eigenvalue weighted by atomic mass is 16.3. The van der Waals surface area contributed by atoms with Crippen LogP contribution in [-0.2, 0) is 4.79 Å². The number of hydrogen-bond acceptors (Lipinski definition) is 4. The van der Waals surface area contributed by atoms with Crippen molar-refractivity contribution in [1.82, 2.24) is 14.7 Å². The zero-order valence-corrected chi connectivity index (χ0v) is 19.3. The summed E-state index contributed by atoms with van der Waals surface area (Å²) >= 11 is 0. The van der Waals surface area contributed by atoms with Crippen LogP contribution in [0.25, 0.3) is 5.65 Å². The van der Waals surface area contributed by atoms with Crippen LogP contribution in [0.1, 0.15) is 82.1 Å². The molecule has 3 N–H and O–H groups in total. The zero-order chi connectivity index (χ0) is 22.7. The van der Waals surface area contributed by atoms with Gasteiger partial charge in [-0.1, -0.05) is 39.2 Å². The minimum Gasteiger partial charge on any atom is -0.394 e. The van der Waals surface area contributed by atoms with Crippen LogP contribution < -0.4 is 10.6 Å². The average molecular weight is 441 g/mol. The molecule has 4 rings (SSSR count). The van der Waals surface area contributed by atoms with E-state index in [1.807, 2.05) is 25.1 Å². The molecule has 7 nitrogen and oxygen atoms in total. The Morgan fingerprint density at radius 2 is 2.16 bits per heavy atom. The van der Waals surface area contributed by atoms with Gasteiger partial charge in [0.2, 0.25) is 5.91 Å². The van der Waals surface area contributed by atoms with E-state index in [0.717, 1.165) is 24.7 Å². The van der Waals surface area contributed by atoms with E-state index >= 15 is 0 Å². The third-order valence-electron chi connectivity index (χ3n) is 7.58. The topological polar surface area (TPSA) is 95.7 Å². The molecule has 0 spiro atoms. The number of imidazole rings is 1. The summed E-state index contributed by atoms with van der Waals surface area (Å²) in [5.74, 6) is 1.86. The lowest BCUT2D eigenvalue weighted by molar-refractivity contribution is -0.120. The van der Waals surface area contributed by atoms with Crippen molar-refractivity contribution < 1.29 is 14.7 Å². The average Bonchev–Trinajstić information content (AvgIpc) is 3.22. The quantitative estimate of drug-likeness (QED) is 0.574. The molecule has 0 aliphatic heterocycles. The molecule has 32 heavy (non-hydrogen) atoms. The molecule has 0 radical (unpaired) electrons. The number of amides is 2. The van der Waals surface area contributed by atoms with Crippen LogP contribution in [0.4, 0.5) is 5.82 Å². The van der Waals surface area contributed by atoms with Gasteiger partial charge in [-0.2, -0.15) is 0 Å². The van der Waals surface area contributed by atoms with Crippen LogP contribution in [0, 0.1) is 17.3 Å². The van der Waals surface area contributed by atoms with Gasteiger partial charge in [-0.3, -0.25) is 14.0 Å². The molecule has 0 aromatic carbocycles. The Balaban J connectivity index is 1.48. The first-order valence-corrected chi connectivity index (χ1v) is 12.1. The van der Waals surface area contributed by atoms with E-state index in [9.17, 15) is 14.7 Å². The van der Waals surface area contributed by atoms with E-state index in [-0.39, 0.29) is 35.6 Å². The predicted octanol–water partition coefficient (Wildman–Crippen LogP) is 4.16. The number of aliphatic hydroxyl groups excluding tert-OH is 1. The number of pyridine rings is 1. The number of hydrogen-bond donors (Lipinski definition) is 3. The summed E-state index contributed by atoms with van der Waals surface area (Å²) in [7, 11) is 0. The molecule has 2 aromatic rings. The van der Waals surface area contributed by atoms with Crippen molar-refractivity contribution in [2.24, 2.45) is 17.3 Å². The summed E-state index contributed by atoms with van der Waals surface area (Å²) in [6, 6.07) is 5.19. The third kappa shape index (κ3) is 4.82. The largest absolute Gasteiger partial charge is 0.394 e. The third-order valence-corrected chi connectivity index (χ3v) is 7.58. The fourth-order valence-corrected chi connectivity index (χ4v) is 5.97. The van der Waals surface area contributed by atoms with E-state index in [2.05, 4.69) is 22.5 Å². The molecule has 4 unspecified atom stereocenters. The van der Waals surface area contributed by atoms with Crippen molar-refractivity contribution in [1.29, 1.82) is 0 Å². The van der Waals surface area contributed by atoms with Gasteiger partial charge >= 0.3 is 0 Å². The van der Waals surface area contributed by atoms with Crippen molar-refractivity contribution in [3.8, 4) is 0 Å². The van der Waals surface area contributed by atoms with Gasteiger partial charge in [0.1, 0.15) is 17.2 Å². The van der Waals surface area contributed by atoms with Gasteiger partial charge in [0, 0.05) is 12.6 Å². The Labute approximate surface area is 190 Å². The summed E-state index contributed by atoms with van der Waals surface area (Å²) in [5, 5.41) is 15.2. The normalized spacial score (nSPS) is 26.0. The SMILES string of the molecule is CCC1CC2CCCC(CC(=O)Nc3cccc4nc(C(=O)NC(CC)CO)cn34)(C1)C2. The number of carbonyl (C=O) groups excluding carboxylic acids is 2. The molecule has 4 atom stereocenters. The number of fused-ring (bicyclic) bond motifs is 3. The first kappa shape index (κ1) is 22.8. The number of nitrogens with zero attached hydrogens (tertiary/aromatic N) is 2. The molecule has 0 saturated heterocycles. The molecule has 2 amide bonds. The van der Waals surface area contributed by atoms with Crippen LogP contribution in [0.3, 0.4) is 0 Å². The maximum atomic E-state index is 13.1. The number of aromatic nitrogens is 2. The second-order valence-corrected chi connectivity index (χ2v) is 9.93. The lowest BCUT2D eigenvalue weighted by atomic mass is 9.57. The highest BCUT2D eigenvalue weighted by molar-refractivity contribution is 5.94. The van der Waals surface area contributed by atoms with Crippen LogP contribution in [-0.4, -0.2) is 39.0 Å². The molecule has 7 heteroatoms. The van der Waals surface area contributed by atoms with Gasteiger partial charge in [0.25, 0.3) is 5.91 Å². The smallest absolute Gasteiger partial charge is 0.271 e. The molecular formula is C25H36N4O3. The van der Waals surface area contributed by atoms with Gasteiger partial charge in [-0.15, -0.1) is 0 Å². The number of nitrogens with one attached hydrogen (secondary N) is 2. The van der Waals surface area contributed by atoms with Crippen molar-refractivity contribution >= 4 is 23.3 Å². The molecule has 2 saturated carbocycles. The number of carbonyl (C=O) groups is 2. The molecule has 2 fully saturated rings. The van der Waals surface area contributed by atoms with Crippen molar-refractivity contribution in [2.75, 3.05) is 11.9 Å². The highest BCUT2D eigenvalue weighted by Gasteiger charge is 2.43. The van der Waals surface area contributed by atoms with Crippen LogP contribution in [0.2, 0.25) is 0 Å². The maximum absolute atomic E-state index is 13.1. The molecule has 2 heterocycles. The fourth-order valence-electron chi connectivity index (χ4n) is 5.97. The lowest BCUT2D eigenvalue weighted by Gasteiger charge is -2.48. The minimum atomic E-state index is -0.327. The number of rotatable bonds is 8.